The van der Waals surface area contributed by atoms with Gasteiger partial charge in [-0.05, 0) is 86.9 Å². The van der Waals surface area contributed by atoms with Crippen LogP contribution in [-0.4, -0.2) is 11.9 Å². The molecule has 0 saturated heterocycles. The second-order valence-electron chi connectivity index (χ2n) is 8.78. The van der Waals surface area contributed by atoms with Crippen LogP contribution in [0.15, 0.2) is 0 Å². The molecule has 2 unspecified atom stereocenters. The van der Waals surface area contributed by atoms with E-state index in [-0.39, 0.29) is 0 Å². The van der Waals surface area contributed by atoms with Crippen molar-refractivity contribution < 1.29 is 4.79 Å². The molecule has 0 aliphatic heterocycles. The van der Waals surface area contributed by atoms with Gasteiger partial charge in [0.05, 0.1) is 0 Å². The van der Waals surface area contributed by atoms with Crippen molar-refractivity contribution in [2.24, 2.45) is 29.1 Å². The van der Waals surface area contributed by atoms with Gasteiger partial charge >= 0.3 is 0 Å². The second-order valence-corrected chi connectivity index (χ2v) is 8.78. The minimum Gasteiger partial charge on any atom is -0.353 e. The number of amides is 1. The summed E-state index contributed by atoms with van der Waals surface area (Å²) in [6, 6.07) is 0.478. The van der Waals surface area contributed by atoms with Crippen molar-refractivity contribution in [3.63, 3.8) is 0 Å². The summed E-state index contributed by atoms with van der Waals surface area (Å²) >= 11 is 0. The molecule has 0 aromatic carbocycles. The number of nitrogens with one attached hydrogen (secondary N) is 1. The molecule has 5 rings (SSSR count). The van der Waals surface area contributed by atoms with Gasteiger partial charge in [0.2, 0.25) is 5.91 Å². The molecule has 2 nitrogen and oxygen atoms in total. The first kappa shape index (κ1) is 13.2. The first-order valence-corrected chi connectivity index (χ1v) is 8.90. The van der Waals surface area contributed by atoms with Crippen LogP contribution in [0, 0.1) is 29.1 Å². The molecule has 2 atom stereocenters. The van der Waals surface area contributed by atoms with E-state index in [1.807, 2.05) is 0 Å². The Morgan fingerprint density at radius 1 is 1.00 bits per heavy atom. The van der Waals surface area contributed by atoms with Gasteiger partial charge in [0, 0.05) is 12.5 Å². The van der Waals surface area contributed by atoms with Crippen molar-refractivity contribution in [1.29, 1.82) is 0 Å². The number of carbonyl (C=O) groups excluding carboxylic acids is 1. The highest BCUT2D eigenvalue weighted by Crippen LogP contribution is 2.61. The van der Waals surface area contributed by atoms with Gasteiger partial charge < -0.3 is 5.32 Å². The smallest absolute Gasteiger partial charge is 0.220 e. The molecule has 1 amide bonds. The Kier molecular flexibility index (Phi) is 3.12. The van der Waals surface area contributed by atoms with Gasteiger partial charge in [0.15, 0.2) is 0 Å². The molecule has 5 aliphatic carbocycles. The number of carbonyl (C=O) groups is 1. The van der Waals surface area contributed by atoms with Crippen LogP contribution in [-0.2, 0) is 4.79 Å². The summed E-state index contributed by atoms with van der Waals surface area (Å²) in [5.74, 6) is 4.05. The Labute approximate surface area is 123 Å². The van der Waals surface area contributed by atoms with E-state index in [0.29, 0.717) is 17.4 Å². The number of hydrogen-bond donors (Lipinski definition) is 1. The third-order valence-corrected chi connectivity index (χ3v) is 6.76. The molecule has 5 fully saturated rings. The van der Waals surface area contributed by atoms with Crippen LogP contribution in [0.4, 0.5) is 0 Å². The van der Waals surface area contributed by atoms with Gasteiger partial charge in [-0.1, -0.05) is 6.92 Å². The van der Waals surface area contributed by atoms with E-state index in [9.17, 15) is 4.79 Å². The largest absolute Gasteiger partial charge is 0.353 e. The molecule has 112 valence electrons. The minimum atomic E-state index is 0.367. The Morgan fingerprint density at radius 2 is 1.60 bits per heavy atom. The molecule has 0 aromatic rings. The topological polar surface area (TPSA) is 29.1 Å². The van der Waals surface area contributed by atoms with Gasteiger partial charge in [-0.25, -0.2) is 0 Å². The Hall–Kier alpha value is -0.530. The average molecular weight is 275 g/mol. The number of rotatable bonds is 3. The molecule has 0 spiro atoms. The molecule has 5 saturated carbocycles. The molecular formula is C18H29NO. The third kappa shape index (κ3) is 2.40. The maximum absolute atomic E-state index is 12.5. The standard InChI is InChI=1S/C18H29NO/c1-12-2-3-16(4-12)19-17(20)11-18-8-13-5-14(9-18)7-15(6-13)10-18/h12-16H,2-11H2,1H3,(H,19,20). The number of hydrogen-bond acceptors (Lipinski definition) is 1. The van der Waals surface area contributed by atoms with Crippen LogP contribution in [0.5, 0.6) is 0 Å². The highest BCUT2D eigenvalue weighted by atomic mass is 16.1. The van der Waals surface area contributed by atoms with Crippen LogP contribution < -0.4 is 5.32 Å². The van der Waals surface area contributed by atoms with Gasteiger partial charge in [-0.15, -0.1) is 0 Å². The van der Waals surface area contributed by atoms with E-state index < -0.39 is 0 Å². The molecule has 1 N–H and O–H groups in total. The predicted molar refractivity (Wildman–Crippen MR) is 80.2 cm³/mol. The summed E-state index contributed by atoms with van der Waals surface area (Å²) in [7, 11) is 0. The average Bonchev–Trinajstić information content (AvgIpc) is 2.71. The molecule has 0 heterocycles. The van der Waals surface area contributed by atoms with Crippen molar-refractivity contribution in [1.82, 2.24) is 5.32 Å². The van der Waals surface area contributed by atoms with Crippen molar-refractivity contribution in [2.45, 2.75) is 77.2 Å². The zero-order chi connectivity index (χ0) is 13.7. The van der Waals surface area contributed by atoms with E-state index in [1.54, 1.807) is 0 Å². The molecule has 4 bridgehead atoms. The molecule has 0 aromatic heterocycles. The van der Waals surface area contributed by atoms with Crippen LogP contribution in [0.3, 0.4) is 0 Å². The predicted octanol–water partition coefficient (Wildman–Crippen LogP) is 3.90. The van der Waals surface area contributed by atoms with Crippen LogP contribution >= 0.6 is 0 Å². The third-order valence-electron chi connectivity index (χ3n) is 6.76. The minimum absolute atomic E-state index is 0.367. The second kappa shape index (κ2) is 4.74. The van der Waals surface area contributed by atoms with Crippen molar-refractivity contribution in [3.8, 4) is 0 Å². The lowest BCUT2D eigenvalue weighted by molar-refractivity contribution is -0.130. The van der Waals surface area contributed by atoms with E-state index in [1.165, 1.54) is 57.8 Å². The summed E-state index contributed by atoms with van der Waals surface area (Å²) < 4.78 is 0. The first-order chi connectivity index (χ1) is 9.60. The highest BCUT2D eigenvalue weighted by molar-refractivity contribution is 5.77. The lowest BCUT2D eigenvalue weighted by Crippen LogP contribution is -2.48. The SMILES string of the molecule is CC1CCC(NC(=O)CC23CC4CC(CC(C4)C2)C3)C1. The summed E-state index contributed by atoms with van der Waals surface area (Å²) in [6.45, 7) is 2.31. The summed E-state index contributed by atoms with van der Waals surface area (Å²) in [5.41, 5.74) is 0.406. The van der Waals surface area contributed by atoms with Crippen LogP contribution in [0.2, 0.25) is 0 Å². The zero-order valence-corrected chi connectivity index (χ0v) is 12.9. The summed E-state index contributed by atoms with van der Waals surface area (Å²) in [5, 5.41) is 3.35. The van der Waals surface area contributed by atoms with Crippen LogP contribution in [0.1, 0.15) is 71.1 Å². The summed E-state index contributed by atoms with van der Waals surface area (Å²) in [6.07, 6.45) is 13.0. The maximum atomic E-state index is 12.5. The van der Waals surface area contributed by atoms with E-state index in [0.717, 1.165) is 30.1 Å². The molecule has 2 heteroatoms. The summed E-state index contributed by atoms with van der Waals surface area (Å²) in [4.78, 5) is 12.5. The molecule has 0 radical (unpaired) electrons. The van der Waals surface area contributed by atoms with E-state index >= 15 is 0 Å². The lowest BCUT2D eigenvalue weighted by atomic mass is 9.49. The van der Waals surface area contributed by atoms with E-state index in [2.05, 4.69) is 12.2 Å². The van der Waals surface area contributed by atoms with Gasteiger partial charge in [-0.2, -0.15) is 0 Å². The Balaban J connectivity index is 1.37. The fraction of sp³-hybridized carbons (Fsp3) is 0.944. The molecular weight excluding hydrogens is 246 g/mol. The normalized spacial score (nSPS) is 49.5. The zero-order valence-electron chi connectivity index (χ0n) is 12.9. The quantitative estimate of drug-likeness (QED) is 0.831. The fourth-order valence-electron chi connectivity index (χ4n) is 6.46. The molecule has 20 heavy (non-hydrogen) atoms. The maximum Gasteiger partial charge on any atom is 0.220 e. The van der Waals surface area contributed by atoms with Gasteiger partial charge in [0.1, 0.15) is 0 Å². The molecule has 5 aliphatic rings. The van der Waals surface area contributed by atoms with E-state index in [4.69, 9.17) is 0 Å². The monoisotopic (exact) mass is 275 g/mol. The highest BCUT2D eigenvalue weighted by Gasteiger charge is 2.51. The van der Waals surface area contributed by atoms with Crippen molar-refractivity contribution >= 4 is 5.91 Å². The van der Waals surface area contributed by atoms with Gasteiger partial charge in [-0.3, -0.25) is 4.79 Å². The van der Waals surface area contributed by atoms with Crippen molar-refractivity contribution in [2.75, 3.05) is 0 Å². The van der Waals surface area contributed by atoms with Crippen molar-refractivity contribution in [3.05, 3.63) is 0 Å². The fourth-order valence-corrected chi connectivity index (χ4v) is 6.46. The lowest BCUT2D eigenvalue weighted by Gasteiger charge is -2.56. The Bertz CT molecular complexity index is 367. The van der Waals surface area contributed by atoms with Crippen LogP contribution in [0.25, 0.3) is 0 Å². The first-order valence-electron chi connectivity index (χ1n) is 8.90. The Morgan fingerprint density at radius 3 is 2.10 bits per heavy atom. The van der Waals surface area contributed by atoms with Gasteiger partial charge in [0.25, 0.3) is 0 Å².